The van der Waals surface area contributed by atoms with Crippen LogP contribution in [0.3, 0.4) is 0 Å². The third kappa shape index (κ3) is 1.60. The minimum atomic E-state index is 1.03. The van der Waals surface area contributed by atoms with Gasteiger partial charge < -0.3 is 0 Å². The first-order valence-corrected chi connectivity index (χ1v) is 5.01. The first-order valence-electron chi connectivity index (χ1n) is 2.94. The maximum absolute atomic E-state index is 2.48. The Bertz CT molecular complexity index is 62.6. The maximum atomic E-state index is 2.48. The first kappa shape index (κ1) is 5.87. The first-order chi connectivity index (χ1) is 3.43. The predicted octanol–water partition coefficient (Wildman–Crippen LogP) is 1.53. The van der Waals surface area contributed by atoms with Crippen LogP contribution in [0.2, 0.25) is 0 Å². The third-order valence-corrected chi connectivity index (χ3v) is 3.33. The summed E-state index contributed by atoms with van der Waals surface area (Å²) in [5, 5.41) is 0. The molecule has 7 heavy (non-hydrogen) atoms. The molecule has 0 N–H and O–H groups in total. The van der Waals surface area contributed by atoms with Crippen LogP contribution in [-0.2, 0) is 23.9 Å². The van der Waals surface area contributed by atoms with E-state index in [1.54, 1.807) is 0 Å². The second kappa shape index (κ2) is 2.91. The molecule has 0 amide bonds. The normalized spacial score (nSPS) is 23.1. The predicted molar refractivity (Wildman–Crippen MR) is 28.0 cm³/mol. The molecule has 1 heteroatoms. The van der Waals surface area contributed by atoms with Gasteiger partial charge in [-0.15, -0.1) is 0 Å². The summed E-state index contributed by atoms with van der Waals surface area (Å²) in [5.74, 6) is 1.03. The van der Waals surface area contributed by atoms with Crippen molar-refractivity contribution in [2.24, 2.45) is 5.92 Å². The van der Waals surface area contributed by atoms with Crippen LogP contribution in [0.25, 0.3) is 0 Å². The van der Waals surface area contributed by atoms with Gasteiger partial charge in [0.2, 0.25) is 0 Å². The summed E-state index contributed by atoms with van der Waals surface area (Å²) in [7, 11) is 0. The van der Waals surface area contributed by atoms with Crippen molar-refractivity contribution in [3.05, 3.63) is 0 Å². The van der Waals surface area contributed by atoms with E-state index >= 15 is 0 Å². The van der Waals surface area contributed by atoms with E-state index in [9.17, 15) is 0 Å². The molecule has 0 aromatic heterocycles. The molecule has 0 spiro atoms. The van der Waals surface area contributed by atoms with Crippen LogP contribution in [0.4, 0.5) is 0 Å². The van der Waals surface area contributed by atoms with Gasteiger partial charge in [0.25, 0.3) is 0 Å². The van der Waals surface area contributed by atoms with Crippen molar-refractivity contribution in [2.75, 3.05) is 0 Å². The molecule has 0 atom stereocenters. The van der Waals surface area contributed by atoms with E-state index in [2.05, 4.69) is 3.76 Å². The van der Waals surface area contributed by atoms with Gasteiger partial charge in [0, 0.05) is 0 Å². The van der Waals surface area contributed by atoms with Crippen molar-refractivity contribution >= 4 is 3.76 Å². The molecular weight excluding hydrogens is 251 g/mol. The molecule has 0 radical (unpaired) electrons. The van der Waals surface area contributed by atoms with E-state index in [4.69, 9.17) is 0 Å². The molecule has 1 fully saturated rings. The van der Waals surface area contributed by atoms with Crippen LogP contribution in [0.15, 0.2) is 0 Å². The molecule has 0 saturated heterocycles. The molecule has 36 valence electrons. The monoisotopic (exact) mass is 262 g/mol. The summed E-state index contributed by atoms with van der Waals surface area (Å²) >= 11 is 1.31. The van der Waals surface area contributed by atoms with Crippen LogP contribution >= 0.6 is 0 Å². The number of hydrogen-bond donors (Lipinski definition) is 0. The Hall–Kier alpha value is 0.740. The molecule has 0 bridgehead atoms. The Balaban J connectivity index is 2.26. The van der Waals surface area contributed by atoms with Gasteiger partial charge in [-0.05, 0) is 0 Å². The second-order valence-corrected chi connectivity index (χ2v) is 3.41. The van der Waals surface area contributed by atoms with E-state index in [-0.39, 0.29) is 0 Å². The van der Waals surface area contributed by atoms with E-state index in [1.807, 2.05) is 0 Å². The van der Waals surface area contributed by atoms with Crippen LogP contribution in [0.1, 0.15) is 25.7 Å². The molecule has 0 aliphatic heterocycles. The zero-order chi connectivity index (χ0) is 5.11. The Morgan fingerprint density at radius 1 is 1.29 bits per heavy atom. The number of rotatable bonds is 1. The van der Waals surface area contributed by atoms with E-state index in [0.29, 0.717) is 0 Å². The van der Waals surface area contributed by atoms with Gasteiger partial charge in [0.15, 0.2) is 0 Å². The third-order valence-electron chi connectivity index (χ3n) is 1.64. The van der Waals surface area contributed by atoms with Crippen LogP contribution in [0.5, 0.6) is 0 Å². The Morgan fingerprint density at radius 3 is 2.14 bits per heavy atom. The summed E-state index contributed by atoms with van der Waals surface area (Å²) in [6, 6.07) is 0. The molecule has 1 rings (SSSR count). The molecule has 0 heterocycles. The molecule has 0 aromatic carbocycles. The SMILES string of the molecule is [Hf+2]=[CH]C1CCCC1. The average Bonchev–Trinajstić information content (AvgIpc) is 2.14. The molecule has 1 aliphatic rings. The fourth-order valence-corrected chi connectivity index (χ4v) is 2.32. The van der Waals surface area contributed by atoms with Gasteiger partial charge in [-0.1, -0.05) is 0 Å². The molecule has 1 aliphatic carbocycles. The van der Waals surface area contributed by atoms with Crippen LogP contribution in [0, 0.1) is 5.92 Å². The molecule has 1 saturated carbocycles. The molecule has 0 nitrogen and oxygen atoms in total. The molecule has 0 aromatic rings. The summed E-state index contributed by atoms with van der Waals surface area (Å²) in [6.45, 7) is 0. The van der Waals surface area contributed by atoms with Gasteiger partial charge in [-0.25, -0.2) is 0 Å². The Labute approximate surface area is 59.3 Å². The Kier molecular flexibility index (Phi) is 2.44. The number of hydrogen-bond acceptors (Lipinski definition) is 0. The molecule has 0 unspecified atom stereocenters. The van der Waals surface area contributed by atoms with E-state index in [1.165, 1.54) is 49.6 Å². The Morgan fingerprint density at radius 2 is 1.86 bits per heavy atom. The fraction of sp³-hybridized carbons (Fsp3) is 0.833. The van der Waals surface area contributed by atoms with Crippen molar-refractivity contribution in [3.8, 4) is 0 Å². The van der Waals surface area contributed by atoms with E-state index in [0.717, 1.165) is 5.92 Å². The standard InChI is InChI=1S/C6H10.Hf/c1-6-4-2-3-5-6;/h1,6H,2-5H2;/q;+2. The van der Waals surface area contributed by atoms with Crippen molar-refractivity contribution in [1.29, 1.82) is 0 Å². The van der Waals surface area contributed by atoms with Crippen molar-refractivity contribution in [2.45, 2.75) is 25.7 Å². The van der Waals surface area contributed by atoms with Gasteiger partial charge in [-0.2, -0.15) is 0 Å². The van der Waals surface area contributed by atoms with Gasteiger partial charge in [0.05, 0.1) is 0 Å². The summed E-state index contributed by atoms with van der Waals surface area (Å²) < 4.78 is 2.48. The quantitative estimate of drug-likeness (QED) is 0.627. The summed E-state index contributed by atoms with van der Waals surface area (Å²) in [4.78, 5) is 0. The van der Waals surface area contributed by atoms with Gasteiger partial charge in [-0.3, -0.25) is 0 Å². The van der Waals surface area contributed by atoms with Crippen molar-refractivity contribution in [1.82, 2.24) is 0 Å². The topological polar surface area (TPSA) is 0 Å². The van der Waals surface area contributed by atoms with Gasteiger partial charge >= 0.3 is 59.3 Å². The van der Waals surface area contributed by atoms with Crippen LogP contribution < -0.4 is 0 Å². The average molecular weight is 261 g/mol. The van der Waals surface area contributed by atoms with E-state index < -0.39 is 0 Å². The van der Waals surface area contributed by atoms with Gasteiger partial charge in [0.1, 0.15) is 0 Å². The second-order valence-electron chi connectivity index (χ2n) is 2.21. The van der Waals surface area contributed by atoms with Crippen LogP contribution in [-0.4, -0.2) is 3.76 Å². The fourth-order valence-electron chi connectivity index (χ4n) is 1.12. The zero-order valence-electron chi connectivity index (χ0n) is 4.48. The van der Waals surface area contributed by atoms with Crippen molar-refractivity contribution in [3.63, 3.8) is 0 Å². The minimum absolute atomic E-state index is 1.03. The molecular formula is C6H10Hf+2. The van der Waals surface area contributed by atoms with Crippen molar-refractivity contribution < 1.29 is 23.9 Å². The zero-order valence-corrected chi connectivity index (χ0v) is 8.08. The summed E-state index contributed by atoms with van der Waals surface area (Å²) in [6.07, 6.45) is 5.96. The summed E-state index contributed by atoms with van der Waals surface area (Å²) in [5.41, 5.74) is 0.